The third-order valence-corrected chi connectivity index (χ3v) is 0.964. The van der Waals surface area contributed by atoms with E-state index in [1.54, 1.807) is 0 Å². The van der Waals surface area contributed by atoms with Crippen molar-refractivity contribution in [2.45, 2.75) is 18.9 Å². The van der Waals surface area contributed by atoms with Gasteiger partial charge in [-0.25, -0.2) is 0 Å². The Morgan fingerprint density at radius 1 is 1.67 bits per heavy atom. The fourth-order valence-corrected chi connectivity index (χ4v) is 0.400. The summed E-state index contributed by atoms with van der Waals surface area (Å²) < 4.78 is 0. The van der Waals surface area contributed by atoms with Crippen molar-refractivity contribution >= 4 is 5.97 Å². The van der Waals surface area contributed by atoms with Gasteiger partial charge in [-0.15, -0.1) is 0 Å². The lowest BCUT2D eigenvalue weighted by molar-refractivity contribution is -0.137. The van der Waals surface area contributed by atoms with Crippen LogP contribution in [0.5, 0.6) is 0 Å². The Hall–Kier alpha value is -0.610. The Balaban J connectivity index is 3.16. The van der Waals surface area contributed by atoms with Crippen LogP contribution >= 0.6 is 0 Å². The Morgan fingerprint density at radius 3 is 2.56 bits per heavy atom. The fraction of sp³-hybridized carbons (Fsp3) is 0.800. The topological polar surface area (TPSA) is 83.5 Å². The molecule has 0 saturated heterocycles. The third kappa shape index (κ3) is 5.26. The summed E-state index contributed by atoms with van der Waals surface area (Å²) in [4.78, 5) is 9.88. The fourth-order valence-electron chi connectivity index (χ4n) is 0.400. The molecule has 0 aromatic carbocycles. The predicted octanol–water partition coefficient (Wildman–Crippen LogP) is -0.829. The number of carbonyl (C=O) groups is 1. The number of hydrogen-bond donors (Lipinski definition) is 3. The Kier molecular flexibility index (Phi) is 4.00. The Morgan fingerprint density at radius 2 is 2.22 bits per heavy atom. The van der Waals surface area contributed by atoms with Crippen LogP contribution < -0.4 is 5.73 Å². The maximum absolute atomic E-state index is 9.88. The van der Waals surface area contributed by atoms with Gasteiger partial charge in [0.25, 0.3) is 0 Å². The van der Waals surface area contributed by atoms with Gasteiger partial charge in [-0.1, -0.05) is 0 Å². The summed E-state index contributed by atoms with van der Waals surface area (Å²) in [6.07, 6.45) is 0.369. The van der Waals surface area contributed by atoms with Crippen molar-refractivity contribution < 1.29 is 15.0 Å². The highest BCUT2D eigenvalue weighted by molar-refractivity contribution is 5.66. The second-order valence-corrected chi connectivity index (χ2v) is 1.88. The minimum atomic E-state index is -0.876. The first-order chi connectivity index (χ1) is 4.16. The zero-order valence-corrected chi connectivity index (χ0v) is 5.08. The summed E-state index contributed by atoms with van der Waals surface area (Å²) in [5.74, 6) is -0.876. The van der Waals surface area contributed by atoms with Crippen molar-refractivity contribution in [2.75, 3.05) is 6.61 Å². The van der Waals surface area contributed by atoms with Crippen molar-refractivity contribution in [3.8, 4) is 0 Å². The monoisotopic (exact) mass is 133 g/mol. The number of rotatable bonds is 4. The number of nitrogens with two attached hydrogens (primary N) is 1. The van der Waals surface area contributed by atoms with E-state index < -0.39 is 5.97 Å². The van der Waals surface area contributed by atoms with Crippen LogP contribution in [0.1, 0.15) is 12.8 Å². The van der Waals surface area contributed by atoms with Gasteiger partial charge in [0.1, 0.15) is 0 Å². The molecule has 0 aliphatic carbocycles. The molecule has 1 unspecified atom stereocenters. The van der Waals surface area contributed by atoms with E-state index in [-0.39, 0.29) is 19.1 Å². The molecule has 0 aromatic rings. The molecule has 0 aliphatic rings. The van der Waals surface area contributed by atoms with Crippen molar-refractivity contribution in [3.63, 3.8) is 0 Å². The van der Waals surface area contributed by atoms with Gasteiger partial charge in [0.15, 0.2) is 0 Å². The molecule has 4 N–H and O–H groups in total. The van der Waals surface area contributed by atoms with Crippen molar-refractivity contribution in [2.24, 2.45) is 5.73 Å². The van der Waals surface area contributed by atoms with Crippen LogP contribution in [-0.2, 0) is 4.79 Å². The molecule has 0 fully saturated rings. The van der Waals surface area contributed by atoms with E-state index >= 15 is 0 Å². The van der Waals surface area contributed by atoms with Crippen LogP contribution in [-0.4, -0.2) is 28.8 Å². The third-order valence-electron chi connectivity index (χ3n) is 0.964. The molecule has 4 heteroatoms. The Bertz CT molecular complexity index is 94.2. The average molecular weight is 133 g/mol. The van der Waals surface area contributed by atoms with Gasteiger partial charge in [0, 0.05) is 12.5 Å². The van der Waals surface area contributed by atoms with E-state index in [2.05, 4.69) is 0 Å². The van der Waals surface area contributed by atoms with Crippen LogP contribution in [0, 0.1) is 0 Å². The van der Waals surface area contributed by atoms with E-state index in [1.807, 2.05) is 0 Å². The SMILES string of the molecule is NC(CO)CCC(=O)O. The summed E-state index contributed by atoms with van der Waals surface area (Å²) in [6.45, 7) is -0.146. The molecular formula is C5H11NO3. The Labute approximate surface area is 53.3 Å². The lowest BCUT2D eigenvalue weighted by Crippen LogP contribution is -2.24. The molecule has 0 saturated carbocycles. The van der Waals surface area contributed by atoms with Crippen LogP contribution in [0.4, 0.5) is 0 Å². The maximum Gasteiger partial charge on any atom is 0.303 e. The molecule has 0 heterocycles. The molecule has 54 valence electrons. The first-order valence-electron chi connectivity index (χ1n) is 2.75. The second kappa shape index (κ2) is 4.29. The van der Waals surface area contributed by atoms with Gasteiger partial charge in [-0.2, -0.15) is 0 Å². The van der Waals surface area contributed by atoms with Crippen molar-refractivity contribution in [3.05, 3.63) is 0 Å². The molecule has 0 radical (unpaired) electrons. The van der Waals surface area contributed by atoms with Crippen LogP contribution in [0.25, 0.3) is 0 Å². The largest absolute Gasteiger partial charge is 0.481 e. The molecule has 0 aromatic heterocycles. The van der Waals surface area contributed by atoms with Crippen LogP contribution in [0.3, 0.4) is 0 Å². The smallest absolute Gasteiger partial charge is 0.303 e. The molecule has 1 atom stereocenters. The van der Waals surface area contributed by atoms with Gasteiger partial charge in [0.05, 0.1) is 6.61 Å². The molecule has 0 bridgehead atoms. The lowest BCUT2D eigenvalue weighted by Gasteiger charge is -2.03. The van der Waals surface area contributed by atoms with Gasteiger partial charge in [-0.05, 0) is 6.42 Å². The molecule has 9 heavy (non-hydrogen) atoms. The average Bonchev–Trinajstić information content (AvgIpc) is 1.83. The highest BCUT2D eigenvalue weighted by Gasteiger charge is 2.02. The molecule has 0 amide bonds. The van der Waals surface area contributed by atoms with E-state index in [4.69, 9.17) is 15.9 Å². The minimum Gasteiger partial charge on any atom is -0.481 e. The van der Waals surface area contributed by atoms with Gasteiger partial charge in [0.2, 0.25) is 0 Å². The van der Waals surface area contributed by atoms with E-state index in [0.717, 1.165) is 0 Å². The first-order valence-corrected chi connectivity index (χ1v) is 2.75. The number of aliphatic carboxylic acids is 1. The molecular weight excluding hydrogens is 122 g/mol. The highest BCUT2D eigenvalue weighted by atomic mass is 16.4. The summed E-state index contributed by atoms with van der Waals surface area (Å²) >= 11 is 0. The lowest BCUT2D eigenvalue weighted by atomic mass is 10.2. The summed E-state index contributed by atoms with van der Waals surface area (Å²) in [5, 5.41) is 16.5. The summed E-state index contributed by atoms with van der Waals surface area (Å²) in [6, 6.07) is -0.388. The second-order valence-electron chi connectivity index (χ2n) is 1.88. The number of carboxylic acids is 1. The molecule has 4 nitrogen and oxygen atoms in total. The molecule has 0 spiro atoms. The van der Waals surface area contributed by atoms with Gasteiger partial charge >= 0.3 is 5.97 Å². The molecule has 0 rings (SSSR count). The number of aliphatic hydroxyl groups excluding tert-OH is 1. The van der Waals surface area contributed by atoms with Crippen molar-refractivity contribution in [1.29, 1.82) is 0 Å². The van der Waals surface area contributed by atoms with Crippen LogP contribution in [0.15, 0.2) is 0 Å². The first kappa shape index (κ1) is 8.39. The standard InChI is InChI=1S/C5H11NO3/c6-4(3-7)1-2-5(8)9/h4,7H,1-3,6H2,(H,8,9). The zero-order chi connectivity index (χ0) is 7.28. The van der Waals surface area contributed by atoms with Gasteiger partial charge < -0.3 is 15.9 Å². The summed E-state index contributed by atoms with van der Waals surface area (Å²) in [7, 11) is 0. The number of hydrogen-bond acceptors (Lipinski definition) is 3. The maximum atomic E-state index is 9.88. The number of aliphatic hydroxyl groups is 1. The highest BCUT2D eigenvalue weighted by Crippen LogP contribution is 1.91. The number of carboxylic acid groups (broad SMARTS) is 1. The summed E-state index contributed by atoms with van der Waals surface area (Å²) in [5.41, 5.74) is 5.21. The van der Waals surface area contributed by atoms with E-state index in [9.17, 15) is 4.79 Å². The van der Waals surface area contributed by atoms with Crippen molar-refractivity contribution in [1.82, 2.24) is 0 Å². The van der Waals surface area contributed by atoms with E-state index in [1.165, 1.54) is 0 Å². The van der Waals surface area contributed by atoms with Gasteiger partial charge in [-0.3, -0.25) is 4.79 Å². The quantitative estimate of drug-likeness (QED) is 0.467. The predicted molar refractivity (Wildman–Crippen MR) is 31.9 cm³/mol. The van der Waals surface area contributed by atoms with E-state index in [0.29, 0.717) is 6.42 Å². The molecule has 0 aliphatic heterocycles. The normalized spacial score (nSPS) is 13.1. The minimum absolute atomic E-state index is 0.0295. The zero-order valence-electron chi connectivity index (χ0n) is 5.08. The van der Waals surface area contributed by atoms with Crippen LogP contribution in [0.2, 0.25) is 0 Å².